The van der Waals surface area contributed by atoms with Crippen molar-refractivity contribution in [2.24, 2.45) is 0 Å². The number of rotatable bonds is 8. The van der Waals surface area contributed by atoms with Gasteiger partial charge in [0.2, 0.25) is 0 Å². The molecule has 35 heavy (non-hydrogen) atoms. The number of halogens is 2. The molecule has 0 amide bonds. The Morgan fingerprint density at radius 1 is 1.11 bits per heavy atom. The van der Waals surface area contributed by atoms with E-state index in [4.69, 9.17) is 16.3 Å². The lowest BCUT2D eigenvalue weighted by molar-refractivity contribution is 0.0526. The molecule has 1 N–H and O–H groups in total. The molecule has 4 rings (SSSR count). The van der Waals surface area contributed by atoms with Gasteiger partial charge in [0, 0.05) is 61.3 Å². The Morgan fingerprint density at radius 2 is 1.91 bits per heavy atom. The number of benzene rings is 1. The van der Waals surface area contributed by atoms with Crippen LogP contribution in [0.5, 0.6) is 0 Å². The van der Waals surface area contributed by atoms with E-state index in [1.165, 1.54) is 12.3 Å². The van der Waals surface area contributed by atoms with Crippen LogP contribution in [0, 0.1) is 5.82 Å². The number of carbonyl (C=O) groups excluding carboxylic acids is 1. The van der Waals surface area contributed by atoms with Crippen LogP contribution in [0.4, 0.5) is 16.0 Å². The van der Waals surface area contributed by atoms with Gasteiger partial charge in [-0.25, -0.2) is 24.1 Å². The van der Waals surface area contributed by atoms with Crippen LogP contribution < -0.4 is 10.2 Å². The molecule has 3 aromatic rings. The monoisotopic (exact) mass is 498 g/mol. The normalized spacial score (nSPS) is 14.1. The number of aromatic nitrogens is 3. The zero-order valence-electron chi connectivity index (χ0n) is 19.8. The van der Waals surface area contributed by atoms with E-state index in [0.29, 0.717) is 22.0 Å². The van der Waals surface area contributed by atoms with Crippen molar-refractivity contribution in [1.82, 2.24) is 19.9 Å². The van der Waals surface area contributed by atoms with E-state index in [9.17, 15) is 9.18 Å². The Balaban J connectivity index is 1.55. The van der Waals surface area contributed by atoms with Gasteiger partial charge in [-0.3, -0.25) is 0 Å². The van der Waals surface area contributed by atoms with Gasteiger partial charge in [-0.1, -0.05) is 24.6 Å². The number of carbonyl (C=O) groups is 1. The molecule has 1 aliphatic rings. The van der Waals surface area contributed by atoms with Crippen molar-refractivity contribution < 1.29 is 13.9 Å². The van der Waals surface area contributed by atoms with E-state index in [2.05, 4.69) is 37.0 Å². The van der Waals surface area contributed by atoms with Gasteiger partial charge in [-0.15, -0.1) is 0 Å². The molecular weight excluding hydrogens is 471 g/mol. The zero-order chi connectivity index (χ0) is 24.8. The lowest BCUT2D eigenvalue weighted by Crippen LogP contribution is -2.46. The Hall–Kier alpha value is -3.30. The minimum absolute atomic E-state index is 0.104. The summed E-state index contributed by atoms with van der Waals surface area (Å²) < 4.78 is 19.4. The molecule has 8 nitrogen and oxygen atoms in total. The standard InChI is InChI=1S/C25H28ClFN6O2/c1-3-32-9-11-33(12-10-32)22-8-6-18(15-28-22)23-30-16-20(25(34)35-4-2)24(31-23)29-14-17-5-7-19(26)13-21(17)27/h5-8,13,15-16H,3-4,9-12,14H2,1-2H3,(H,29,30,31). The van der Waals surface area contributed by atoms with Crippen LogP contribution in [-0.4, -0.2) is 65.2 Å². The van der Waals surface area contributed by atoms with Crippen LogP contribution in [0.25, 0.3) is 11.4 Å². The fourth-order valence-electron chi connectivity index (χ4n) is 3.86. The Labute approximate surface area is 209 Å². The molecule has 3 heterocycles. The van der Waals surface area contributed by atoms with Crippen molar-refractivity contribution in [2.45, 2.75) is 20.4 Å². The highest BCUT2D eigenvalue weighted by Crippen LogP contribution is 2.23. The van der Waals surface area contributed by atoms with Gasteiger partial charge in [-0.2, -0.15) is 0 Å². The summed E-state index contributed by atoms with van der Waals surface area (Å²) in [6, 6.07) is 8.30. The molecule has 1 aliphatic heterocycles. The Bertz CT molecular complexity index is 1170. The van der Waals surface area contributed by atoms with Crippen molar-refractivity contribution in [2.75, 3.05) is 49.5 Å². The molecule has 0 unspecified atom stereocenters. The maximum atomic E-state index is 14.2. The third-order valence-corrected chi connectivity index (χ3v) is 6.13. The van der Waals surface area contributed by atoms with Gasteiger partial charge in [0.05, 0.1) is 6.61 Å². The highest BCUT2D eigenvalue weighted by molar-refractivity contribution is 6.30. The van der Waals surface area contributed by atoms with Crippen LogP contribution in [-0.2, 0) is 11.3 Å². The largest absolute Gasteiger partial charge is 0.462 e. The number of nitrogens with one attached hydrogen (secondary N) is 1. The van der Waals surface area contributed by atoms with Gasteiger partial charge in [0.15, 0.2) is 5.82 Å². The van der Waals surface area contributed by atoms with Crippen molar-refractivity contribution in [3.63, 3.8) is 0 Å². The first-order valence-corrected chi connectivity index (χ1v) is 12.0. The van der Waals surface area contributed by atoms with E-state index >= 15 is 0 Å². The fraction of sp³-hybridized carbons (Fsp3) is 0.360. The summed E-state index contributed by atoms with van der Waals surface area (Å²) in [7, 11) is 0. The average molecular weight is 499 g/mol. The predicted molar refractivity (Wildman–Crippen MR) is 134 cm³/mol. The van der Waals surface area contributed by atoms with Crippen LogP contribution >= 0.6 is 11.6 Å². The highest BCUT2D eigenvalue weighted by atomic mass is 35.5. The Morgan fingerprint density at radius 3 is 2.57 bits per heavy atom. The van der Waals surface area contributed by atoms with Crippen LogP contribution in [0.3, 0.4) is 0 Å². The van der Waals surface area contributed by atoms with E-state index in [1.807, 2.05) is 12.1 Å². The maximum absolute atomic E-state index is 14.2. The molecule has 1 aromatic carbocycles. The average Bonchev–Trinajstić information content (AvgIpc) is 2.88. The third kappa shape index (κ3) is 6.04. The molecule has 1 saturated heterocycles. The molecule has 0 spiro atoms. The number of pyridine rings is 1. The molecule has 184 valence electrons. The topological polar surface area (TPSA) is 83.5 Å². The summed E-state index contributed by atoms with van der Waals surface area (Å²) in [5.41, 5.74) is 1.26. The van der Waals surface area contributed by atoms with Gasteiger partial charge < -0.3 is 19.9 Å². The summed E-state index contributed by atoms with van der Waals surface area (Å²) in [6.07, 6.45) is 3.14. The smallest absolute Gasteiger partial charge is 0.343 e. The van der Waals surface area contributed by atoms with Crippen molar-refractivity contribution in [3.05, 3.63) is 64.7 Å². The number of hydrogen-bond acceptors (Lipinski definition) is 8. The molecule has 10 heteroatoms. The fourth-order valence-corrected chi connectivity index (χ4v) is 4.02. The van der Waals surface area contributed by atoms with Gasteiger partial charge in [0.25, 0.3) is 0 Å². The predicted octanol–water partition coefficient (Wildman–Crippen LogP) is 4.26. The minimum Gasteiger partial charge on any atom is -0.462 e. The van der Waals surface area contributed by atoms with E-state index in [1.54, 1.807) is 25.3 Å². The third-order valence-electron chi connectivity index (χ3n) is 5.90. The maximum Gasteiger partial charge on any atom is 0.343 e. The molecule has 0 aliphatic carbocycles. The number of esters is 1. The van der Waals surface area contributed by atoms with Gasteiger partial charge in [0.1, 0.15) is 23.0 Å². The molecule has 1 fully saturated rings. The zero-order valence-corrected chi connectivity index (χ0v) is 20.6. The van der Waals surface area contributed by atoms with E-state index in [-0.39, 0.29) is 24.5 Å². The van der Waals surface area contributed by atoms with Crippen molar-refractivity contribution in [1.29, 1.82) is 0 Å². The SMILES string of the molecule is CCOC(=O)c1cnc(-c2ccc(N3CCN(CC)CC3)nc2)nc1NCc1ccc(Cl)cc1F. The number of nitrogens with zero attached hydrogens (tertiary/aromatic N) is 5. The van der Waals surface area contributed by atoms with Crippen LogP contribution in [0.15, 0.2) is 42.7 Å². The first-order valence-electron chi connectivity index (χ1n) is 11.6. The molecule has 0 saturated carbocycles. The van der Waals surface area contributed by atoms with Crippen LogP contribution in [0.2, 0.25) is 5.02 Å². The summed E-state index contributed by atoms with van der Waals surface area (Å²) in [4.78, 5) is 30.6. The molecule has 0 bridgehead atoms. The lowest BCUT2D eigenvalue weighted by Gasteiger charge is -2.34. The van der Waals surface area contributed by atoms with E-state index in [0.717, 1.165) is 38.5 Å². The van der Waals surface area contributed by atoms with Gasteiger partial charge >= 0.3 is 5.97 Å². The first kappa shape index (κ1) is 24.8. The first-order chi connectivity index (χ1) is 17.0. The molecule has 0 radical (unpaired) electrons. The lowest BCUT2D eigenvalue weighted by atomic mass is 10.2. The summed E-state index contributed by atoms with van der Waals surface area (Å²) in [5.74, 6) is 0.549. The summed E-state index contributed by atoms with van der Waals surface area (Å²) >= 11 is 5.84. The number of piperazine rings is 1. The van der Waals surface area contributed by atoms with Gasteiger partial charge in [-0.05, 0) is 37.7 Å². The summed E-state index contributed by atoms with van der Waals surface area (Å²) in [5, 5.41) is 3.35. The van der Waals surface area contributed by atoms with Crippen LogP contribution in [0.1, 0.15) is 29.8 Å². The number of ether oxygens (including phenoxy) is 1. The molecule has 0 atom stereocenters. The molecular formula is C25H28ClFN6O2. The minimum atomic E-state index is -0.558. The van der Waals surface area contributed by atoms with Crippen molar-refractivity contribution in [3.8, 4) is 11.4 Å². The molecule has 2 aromatic heterocycles. The van der Waals surface area contributed by atoms with Crippen molar-refractivity contribution >= 4 is 29.2 Å². The second-order valence-electron chi connectivity index (χ2n) is 8.09. The highest BCUT2D eigenvalue weighted by Gasteiger charge is 2.19. The second-order valence-corrected chi connectivity index (χ2v) is 8.53. The number of likely N-dealkylation sites (N-methyl/N-ethyl adjacent to an activating group) is 1. The number of anilines is 2. The quantitative estimate of drug-likeness (QED) is 0.461. The second kappa shape index (κ2) is 11.4. The Kier molecular flexibility index (Phi) is 8.09. The summed E-state index contributed by atoms with van der Waals surface area (Å²) in [6.45, 7) is 9.16. The number of hydrogen-bond donors (Lipinski definition) is 1. The van der Waals surface area contributed by atoms with E-state index < -0.39 is 11.8 Å².